The Hall–Kier alpha value is -2.12. The molecule has 0 fully saturated rings. The van der Waals surface area contributed by atoms with Crippen LogP contribution in [0.15, 0.2) is 6.20 Å². The summed E-state index contributed by atoms with van der Waals surface area (Å²) in [6.07, 6.45) is 1.60. The van der Waals surface area contributed by atoms with Crippen LogP contribution >= 0.6 is 0 Å². The number of rotatable bonds is 6. The van der Waals surface area contributed by atoms with Crippen molar-refractivity contribution >= 4 is 17.5 Å². The average molecular weight is 256 g/mol. The number of aliphatic carboxylic acids is 1. The summed E-state index contributed by atoms with van der Waals surface area (Å²) in [6, 6.07) is -0.890. The van der Waals surface area contributed by atoms with E-state index < -0.39 is 16.9 Å². The van der Waals surface area contributed by atoms with Gasteiger partial charge in [-0.15, -0.1) is 5.10 Å². The molecule has 0 aliphatic heterocycles. The summed E-state index contributed by atoms with van der Waals surface area (Å²) in [5.41, 5.74) is -0.229. The fourth-order valence-corrected chi connectivity index (χ4v) is 1.57. The number of aryl methyl sites for hydroxylation is 1. The van der Waals surface area contributed by atoms with Crippen LogP contribution in [0, 0.1) is 16.0 Å². The second-order valence-electron chi connectivity index (χ2n) is 4.46. The van der Waals surface area contributed by atoms with Gasteiger partial charge in [-0.1, -0.05) is 13.8 Å². The van der Waals surface area contributed by atoms with Crippen molar-refractivity contribution in [1.29, 1.82) is 0 Å². The van der Waals surface area contributed by atoms with E-state index in [1.165, 1.54) is 17.9 Å². The Balaban J connectivity index is 2.93. The minimum absolute atomic E-state index is 0.0180. The molecule has 8 nitrogen and oxygen atoms in total. The monoisotopic (exact) mass is 256 g/mol. The molecule has 0 aromatic carbocycles. The number of hydrogen-bond acceptors (Lipinski definition) is 5. The van der Waals surface area contributed by atoms with Crippen molar-refractivity contribution in [3.05, 3.63) is 16.3 Å². The third-order valence-corrected chi connectivity index (χ3v) is 2.32. The zero-order chi connectivity index (χ0) is 13.9. The lowest BCUT2D eigenvalue weighted by atomic mass is 10.0. The van der Waals surface area contributed by atoms with Crippen LogP contribution in [0.4, 0.5) is 11.5 Å². The topological polar surface area (TPSA) is 110 Å². The van der Waals surface area contributed by atoms with E-state index in [0.29, 0.717) is 6.42 Å². The first-order valence-corrected chi connectivity index (χ1v) is 5.48. The highest BCUT2D eigenvalue weighted by Crippen LogP contribution is 2.23. The van der Waals surface area contributed by atoms with Gasteiger partial charge in [0.2, 0.25) is 5.82 Å². The van der Waals surface area contributed by atoms with Gasteiger partial charge in [0.1, 0.15) is 12.2 Å². The van der Waals surface area contributed by atoms with Crippen LogP contribution in [-0.2, 0) is 11.8 Å². The van der Waals surface area contributed by atoms with Crippen molar-refractivity contribution in [2.24, 2.45) is 13.0 Å². The molecule has 0 spiro atoms. The van der Waals surface area contributed by atoms with Gasteiger partial charge in [-0.3, -0.25) is 14.8 Å². The molecule has 0 aliphatic rings. The normalized spacial score (nSPS) is 12.4. The van der Waals surface area contributed by atoms with Gasteiger partial charge in [-0.05, 0) is 12.3 Å². The number of carbonyl (C=O) groups is 1. The Morgan fingerprint density at radius 1 is 1.67 bits per heavy atom. The van der Waals surface area contributed by atoms with E-state index in [9.17, 15) is 14.9 Å². The number of anilines is 1. The first-order chi connectivity index (χ1) is 8.31. The Kier molecular flexibility index (Phi) is 4.24. The molecule has 1 rings (SSSR count). The first kappa shape index (κ1) is 13.9. The van der Waals surface area contributed by atoms with Gasteiger partial charge < -0.3 is 10.4 Å². The van der Waals surface area contributed by atoms with Gasteiger partial charge in [-0.2, -0.15) is 0 Å². The Morgan fingerprint density at radius 2 is 2.28 bits per heavy atom. The molecular formula is C10H16N4O4. The van der Waals surface area contributed by atoms with Crippen LogP contribution in [0.5, 0.6) is 0 Å². The van der Waals surface area contributed by atoms with Crippen molar-refractivity contribution in [2.45, 2.75) is 26.3 Å². The summed E-state index contributed by atoms with van der Waals surface area (Å²) in [7, 11) is 1.54. The molecule has 0 amide bonds. The second-order valence-corrected chi connectivity index (χ2v) is 4.46. The molecule has 0 radical (unpaired) electrons. The molecule has 0 bridgehead atoms. The van der Waals surface area contributed by atoms with E-state index in [0.717, 1.165) is 0 Å². The third kappa shape index (κ3) is 3.44. The van der Waals surface area contributed by atoms with Crippen LogP contribution in [0.2, 0.25) is 0 Å². The predicted octanol–water partition coefficient (Wildman–Crippen LogP) is 1.24. The molecule has 1 aromatic heterocycles. The Bertz CT molecular complexity index is 455. The molecule has 0 aliphatic carbocycles. The lowest BCUT2D eigenvalue weighted by Crippen LogP contribution is -2.31. The summed E-state index contributed by atoms with van der Waals surface area (Å²) >= 11 is 0. The molecule has 8 heteroatoms. The maximum absolute atomic E-state index is 11.1. The fourth-order valence-electron chi connectivity index (χ4n) is 1.57. The molecule has 100 valence electrons. The number of hydrogen-bond donors (Lipinski definition) is 2. The van der Waals surface area contributed by atoms with Crippen molar-refractivity contribution < 1.29 is 14.8 Å². The SMILES string of the molecule is CC(C)CC(Nc1nn(C)cc1[N+](=O)[O-])C(=O)O. The number of nitro groups is 1. The summed E-state index contributed by atoms with van der Waals surface area (Å²) in [6.45, 7) is 3.76. The van der Waals surface area contributed by atoms with E-state index in [1.807, 2.05) is 13.8 Å². The van der Waals surface area contributed by atoms with Crippen LogP contribution < -0.4 is 5.32 Å². The van der Waals surface area contributed by atoms with E-state index in [2.05, 4.69) is 10.4 Å². The Labute approximate surface area is 104 Å². The zero-order valence-corrected chi connectivity index (χ0v) is 10.5. The van der Waals surface area contributed by atoms with Crippen LogP contribution in [0.25, 0.3) is 0 Å². The highest BCUT2D eigenvalue weighted by Gasteiger charge is 2.25. The predicted molar refractivity (Wildman–Crippen MR) is 64.4 cm³/mol. The molecule has 1 heterocycles. The van der Waals surface area contributed by atoms with Crippen molar-refractivity contribution in [3.8, 4) is 0 Å². The lowest BCUT2D eigenvalue weighted by molar-refractivity contribution is -0.384. The summed E-state index contributed by atoms with van der Waals surface area (Å²) < 4.78 is 1.27. The lowest BCUT2D eigenvalue weighted by Gasteiger charge is -2.15. The van der Waals surface area contributed by atoms with Gasteiger partial charge in [0.15, 0.2) is 0 Å². The molecule has 0 saturated carbocycles. The summed E-state index contributed by atoms with van der Waals surface area (Å²) in [4.78, 5) is 21.2. The third-order valence-electron chi connectivity index (χ3n) is 2.32. The van der Waals surface area contributed by atoms with E-state index in [4.69, 9.17) is 5.11 Å². The Morgan fingerprint density at radius 3 is 2.72 bits per heavy atom. The molecule has 1 unspecified atom stereocenters. The maximum atomic E-state index is 11.1. The van der Waals surface area contributed by atoms with E-state index in [-0.39, 0.29) is 17.4 Å². The van der Waals surface area contributed by atoms with Crippen molar-refractivity contribution in [3.63, 3.8) is 0 Å². The van der Waals surface area contributed by atoms with Crippen molar-refractivity contribution in [1.82, 2.24) is 9.78 Å². The largest absolute Gasteiger partial charge is 0.480 e. The smallest absolute Gasteiger partial charge is 0.330 e. The first-order valence-electron chi connectivity index (χ1n) is 5.48. The minimum Gasteiger partial charge on any atom is -0.480 e. The van der Waals surface area contributed by atoms with E-state index >= 15 is 0 Å². The maximum Gasteiger partial charge on any atom is 0.330 e. The van der Waals surface area contributed by atoms with Gasteiger partial charge in [-0.25, -0.2) is 4.79 Å². The van der Waals surface area contributed by atoms with Crippen molar-refractivity contribution in [2.75, 3.05) is 5.32 Å². The average Bonchev–Trinajstić information content (AvgIpc) is 2.57. The highest BCUT2D eigenvalue weighted by atomic mass is 16.6. The summed E-state index contributed by atoms with van der Waals surface area (Å²) in [5.74, 6) is -0.916. The molecule has 2 N–H and O–H groups in total. The molecule has 1 aromatic rings. The molecule has 18 heavy (non-hydrogen) atoms. The quantitative estimate of drug-likeness (QED) is 0.585. The number of nitrogens with one attached hydrogen (secondary N) is 1. The molecule has 0 saturated heterocycles. The van der Waals surface area contributed by atoms with E-state index in [1.54, 1.807) is 0 Å². The van der Waals surface area contributed by atoms with Gasteiger partial charge in [0.05, 0.1) is 4.92 Å². The minimum atomic E-state index is -1.05. The number of carboxylic acids is 1. The number of carboxylic acid groups (broad SMARTS) is 1. The standard InChI is InChI=1S/C10H16N4O4/c1-6(2)4-7(10(15)16)11-9-8(14(17)18)5-13(3)12-9/h5-7H,4H2,1-3H3,(H,11,12)(H,15,16). The van der Waals surface area contributed by atoms with Crippen LogP contribution in [0.1, 0.15) is 20.3 Å². The second kappa shape index (κ2) is 5.48. The van der Waals surface area contributed by atoms with Gasteiger partial charge in [0, 0.05) is 7.05 Å². The highest BCUT2D eigenvalue weighted by molar-refractivity contribution is 5.78. The summed E-state index contributed by atoms with van der Waals surface area (Å²) in [5, 5.41) is 26.3. The van der Waals surface area contributed by atoms with Gasteiger partial charge in [0.25, 0.3) is 0 Å². The van der Waals surface area contributed by atoms with Gasteiger partial charge >= 0.3 is 11.7 Å². The number of aromatic nitrogens is 2. The molecular weight excluding hydrogens is 240 g/mol. The number of nitrogens with zero attached hydrogens (tertiary/aromatic N) is 3. The molecule has 1 atom stereocenters. The van der Waals surface area contributed by atoms with Crippen LogP contribution in [-0.4, -0.2) is 31.8 Å². The fraction of sp³-hybridized carbons (Fsp3) is 0.600. The van der Waals surface area contributed by atoms with Crippen LogP contribution in [0.3, 0.4) is 0 Å². The zero-order valence-electron chi connectivity index (χ0n) is 10.5.